The lowest BCUT2D eigenvalue weighted by atomic mass is 10.1. The molecule has 3 nitrogen and oxygen atoms in total. The minimum Gasteiger partial charge on any atom is -0.330 e. The Bertz CT molecular complexity index is 293. The van der Waals surface area contributed by atoms with Crippen LogP contribution in [0.2, 0.25) is 0 Å². The molecule has 0 amide bonds. The molecule has 0 aliphatic carbocycles. The number of rotatable bonds is 7. The van der Waals surface area contributed by atoms with Gasteiger partial charge in [0.15, 0.2) is 0 Å². The van der Waals surface area contributed by atoms with E-state index >= 15 is 0 Å². The first kappa shape index (κ1) is 13.2. The van der Waals surface area contributed by atoms with E-state index in [0.29, 0.717) is 6.04 Å². The molecule has 92 valence electrons. The Morgan fingerprint density at radius 3 is 2.75 bits per heavy atom. The Balaban J connectivity index is 2.60. The lowest BCUT2D eigenvalue weighted by Gasteiger charge is -2.19. The maximum Gasteiger partial charge on any atom is 0.0951 e. The van der Waals surface area contributed by atoms with E-state index in [0.717, 1.165) is 6.42 Å². The van der Waals surface area contributed by atoms with Crippen LogP contribution in [0.5, 0.6) is 0 Å². The van der Waals surface area contributed by atoms with Crippen LogP contribution < -0.4 is 5.73 Å². The fourth-order valence-electron chi connectivity index (χ4n) is 2.01. The highest BCUT2D eigenvalue weighted by atomic mass is 15.1. The average Bonchev–Trinajstić information content (AvgIpc) is 2.77. The number of hydrogen-bond donors (Lipinski definition) is 1. The van der Waals surface area contributed by atoms with Crippen molar-refractivity contribution in [3.8, 4) is 0 Å². The average molecular weight is 223 g/mol. The number of hydrogen-bond acceptors (Lipinski definition) is 2. The summed E-state index contributed by atoms with van der Waals surface area (Å²) >= 11 is 0. The third-order valence-electron chi connectivity index (χ3n) is 3.22. The Kier molecular flexibility index (Phi) is 5.53. The molecule has 0 radical (unpaired) electrons. The van der Waals surface area contributed by atoms with Crippen LogP contribution in [-0.4, -0.2) is 9.55 Å². The Morgan fingerprint density at radius 2 is 2.12 bits per heavy atom. The van der Waals surface area contributed by atoms with Crippen LogP contribution in [0.25, 0.3) is 0 Å². The van der Waals surface area contributed by atoms with E-state index in [9.17, 15) is 0 Å². The number of aromatic nitrogens is 2. The lowest BCUT2D eigenvalue weighted by Crippen LogP contribution is -2.16. The van der Waals surface area contributed by atoms with Gasteiger partial charge in [0.1, 0.15) is 0 Å². The largest absolute Gasteiger partial charge is 0.330 e. The van der Waals surface area contributed by atoms with Crippen molar-refractivity contribution < 1.29 is 0 Å². The van der Waals surface area contributed by atoms with E-state index in [1.54, 1.807) is 0 Å². The second-order valence-electron chi connectivity index (χ2n) is 4.59. The summed E-state index contributed by atoms with van der Waals surface area (Å²) in [5.41, 5.74) is 7.24. The zero-order valence-electron chi connectivity index (χ0n) is 10.8. The Hall–Kier alpha value is -0.830. The molecule has 2 atom stereocenters. The second-order valence-corrected chi connectivity index (χ2v) is 4.59. The van der Waals surface area contributed by atoms with Crippen molar-refractivity contribution in [3.63, 3.8) is 0 Å². The highest BCUT2D eigenvalue weighted by Crippen LogP contribution is 2.21. The smallest absolute Gasteiger partial charge is 0.0951 e. The summed E-state index contributed by atoms with van der Waals surface area (Å²) < 4.78 is 2.24. The van der Waals surface area contributed by atoms with Crippen LogP contribution in [0, 0.1) is 0 Å². The summed E-state index contributed by atoms with van der Waals surface area (Å²) in [4.78, 5) is 4.22. The van der Waals surface area contributed by atoms with Crippen LogP contribution in [0.4, 0.5) is 0 Å². The molecule has 2 N–H and O–H groups in total. The molecule has 1 aromatic heterocycles. The summed E-state index contributed by atoms with van der Waals surface area (Å²) in [7, 11) is 0. The molecule has 3 heteroatoms. The molecule has 1 aromatic rings. The predicted octanol–water partition coefficient (Wildman–Crippen LogP) is 3.43. The molecule has 0 spiro atoms. The van der Waals surface area contributed by atoms with Crippen LogP contribution in [0.3, 0.4) is 0 Å². The van der Waals surface area contributed by atoms with Gasteiger partial charge >= 0.3 is 0 Å². The zero-order chi connectivity index (χ0) is 12.0. The van der Waals surface area contributed by atoms with E-state index in [1.165, 1.54) is 31.4 Å². The van der Waals surface area contributed by atoms with Gasteiger partial charge in [0.25, 0.3) is 0 Å². The highest BCUT2D eigenvalue weighted by Gasteiger charge is 2.13. The second kappa shape index (κ2) is 6.69. The molecule has 16 heavy (non-hydrogen) atoms. The van der Waals surface area contributed by atoms with E-state index < -0.39 is 0 Å². The van der Waals surface area contributed by atoms with Gasteiger partial charge in [-0.15, -0.1) is 0 Å². The van der Waals surface area contributed by atoms with Gasteiger partial charge in [-0.25, -0.2) is 4.98 Å². The quantitative estimate of drug-likeness (QED) is 0.720. The Labute approximate surface area is 99.1 Å². The van der Waals surface area contributed by atoms with Crippen LogP contribution in [0.1, 0.15) is 70.7 Å². The minimum atomic E-state index is 0.121. The summed E-state index contributed by atoms with van der Waals surface area (Å²) in [5.74, 6) is 0. The van der Waals surface area contributed by atoms with Crippen molar-refractivity contribution >= 4 is 0 Å². The number of nitrogens with zero attached hydrogens (tertiary/aromatic N) is 2. The Morgan fingerprint density at radius 1 is 1.38 bits per heavy atom. The van der Waals surface area contributed by atoms with E-state index in [1.807, 2.05) is 12.5 Å². The first-order chi connectivity index (χ1) is 7.70. The molecular weight excluding hydrogens is 198 g/mol. The minimum absolute atomic E-state index is 0.121. The van der Waals surface area contributed by atoms with Gasteiger partial charge in [-0.2, -0.15) is 0 Å². The van der Waals surface area contributed by atoms with E-state index in [4.69, 9.17) is 5.73 Å². The zero-order valence-corrected chi connectivity index (χ0v) is 10.8. The van der Waals surface area contributed by atoms with Crippen molar-refractivity contribution in [3.05, 3.63) is 18.2 Å². The number of unbranched alkanes of at least 4 members (excludes halogenated alkanes) is 2. The summed E-state index contributed by atoms with van der Waals surface area (Å²) in [5, 5.41) is 0. The molecule has 0 bridgehead atoms. The van der Waals surface area contributed by atoms with Gasteiger partial charge in [0, 0.05) is 18.3 Å². The van der Waals surface area contributed by atoms with E-state index in [-0.39, 0.29) is 6.04 Å². The van der Waals surface area contributed by atoms with Crippen LogP contribution in [-0.2, 0) is 0 Å². The van der Waals surface area contributed by atoms with Crippen LogP contribution >= 0.6 is 0 Å². The lowest BCUT2D eigenvalue weighted by molar-refractivity contribution is 0.451. The van der Waals surface area contributed by atoms with Gasteiger partial charge in [-0.3, -0.25) is 0 Å². The molecule has 0 aromatic carbocycles. The molecule has 0 saturated heterocycles. The van der Waals surface area contributed by atoms with Crippen molar-refractivity contribution in [2.75, 3.05) is 0 Å². The van der Waals surface area contributed by atoms with Crippen LogP contribution in [0.15, 0.2) is 12.5 Å². The number of nitrogens with two attached hydrogens (primary N) is 1. The monoisotopic (exact) mass is 223 g/mol. The molecule has 0 aliphatic rings. The van der Waals surface area contributed by atoms with Gasteiger partial charge < -0.3 is 10.3 Å². The maximum absolute atomic E-state index is 6.07. The van der Waals surface area contributed by atoms with Crippen molar-refractivity contribution in [2.45, 2.75) is 65.0 Å². The topological polar surface area (TPSA) is 43.8 Å². The fourth-order valence-corrected chi connectivity index (χ4v) is 2.01. The van der Waals surface area contributed by atoms with Gasteiger partial charge in [0.05, 0.1) is 12.0 Å². The third kappa shape index (κ3) is 3.34. The molecule has 0 fully saturated rings. The van der Waals surface area contributed by atoms with Crippen molar-refractivity contribution in [1.29, 1.82) is 0 Å². The fraction of sp³-hybridized carbons (Fsp3) is 0.769. The first-order valence-electron chi connectivity index (χ1n) is 6.48. The summed E-state index contributed by atoms with van der Waals surface area (Å²) in [6, 6.07) is 0.637. The number of imidazole rings is 1. The summed E-state index contributed by atoms with van der Waals surface area (Å²) in [6.07, 6.45) is 9.88. The highest BCUT2D eigenvalue weighted by molar-refractivity contribution is 5.05. The van der Waals surface area contributed by atoms with E-state index in [2.05, 4.69) is 30.3 Å². The molecule has 1 unspecified atom stereocenters. The van der Waals surface area contributed by atoms with Crippen molar-refractivity contribution in [1.82, 2.24) is 9.55 Å². The maximum atomic E-state index is 6.07. The summed E-state index contributed by atoms with van der Waals surface area (Å²) in [6.45, 7) is 6.60. The van der Waals surface area contributed by atoms with Gasteiger partial charge in [0.2, 0.25) is 0 Å². The van der Waals surface area contributed by atoms with Gasteiger partial charge in [-0.1, -0.05) is 33.1 Å². The normalized spacial score (nSPS) is 15.0. The van der Waals surface area contributed by atoms with Crippen molar-refractivity contribution in [2.24, 2.45) is 5.73 Å². The third-order valence-corrected chi connectivity index (χ3v) is 3.22. The predicted molar refractivity (Wildman–Crippen MR) is 68.3 cm³/mol. The molecule has 0 saturated carbocycles. The molecule has 1 rings (SSSR count). The van der Waals surface area contributed by atoms with Gasteiger partial charge in [-0.05, 0) is 19.8 Å². The molecule has 0 aliphatic heterocycles. The molecule has 1 heterocycles. The molecular formula is C13H25N3. The first-order valence-corrected chi connectivity index (χ1v) is 6.48. The SMILES string of the molecule is CCCCCC(C)n1cncc1[C@H](N)CC. The standard InChI is InChI=1S/C13H25N3/c1-4-6-7-8-11(3)16-10-15-9-13(16)12(14)5-2/h9-12H,4-8,14H2,1-3H3/t11?,12-/m1/s1.